The smallest absolute Gasteiger partial charge is 0.335 e. The summed E-state index contributed by atoms with van der Waals surface area (Å²) in [4.78, 5) is 17.4. The summed E-state index contributed by atoms with van der Waals surface area (Å²) < 4.78 is 0. The molecule has 1 aliphatic heterocycles. The lowest BCUT2D eigenvalue weighted by Gasteiger charge is -2.32. The van der Waals surface area contributed by atoms with Gasteiger partial charge in [0.2, 0.25) is 0 Å². The summed E-state index contributed by atoms with van der Waals surface area (Å²) in [5.74, 6) is 5.47. The average Bonchev–Trinajstić information content (AvgIpc) is 2.94. The number of rotatable bonds is 2. The third kappa shape index (κ3) is 3.62. The molecule has 1 aliphatic carbocycles. The Balaban J connectivity index is 1.68. The Morgan fingerprint density at radius 1 is 1.03 bits per heavy atom. The summed E-state index contributed by atoms with van der Waals surface area (Å²) >= 11 is 0. The SMILES string of the molecule is CC1=C(C)S(C)(C)C(C2=CCCc3ccc(C#Cc4ccc(C(=O)O)cc4)cc32)=N1. The summed E-state index contributed by atoms with van der Waals surface area (Å²) in [6, 6.07) is 13.1. The Hall–Kier alpha value is -3.03. The maximum Gasteiger partial charge on any atom is 0.335 e. The van der Waals surface area contributed by atoms with E-state index in [4.69, 9.17) is 10.1 Å². The van der Waals surface area contributed by atoms with Crippen molar-refractivity contribution in [3.05, 3.63) is 87.0 Å². The highest BCUT2D eigenvalue weighted by atomic mass is 32.3. The minimum atomic E-state index is -1.06. The van der Waals surface area contributed by atoms with Crippen molar-refractivity contribution in [3.8, 4) is 11.8 Å². The van der Waals surface area contributed by atoms with Crippen LogP contribution in [0.2, 0.25) is 0 Å². The molecule has 0 unspecified atom stereocenters. The predicted octanol–water partition coefficient (Wildman–Crippen LogP) is 5.84. The summed E-state index contributed by atoms with van der Waals surface area (Å²) in [6.07, 6.45) is 9.08. The molecule has 1 heterocycles. The van der Waals surface area contributed by atoms with Gasteiger partial charge in [0, 0.05) is 22.4 Å². The van der Waals surface area contributed by atoms with Crippen LogP contribution >= 0.6 is 10.0 Å². The highest BCUT2D eigenvalue weighted by Crippen LogP contribution is 2.58. The van der Waals surface area contributed by atoms with Gasteiger partial charge >= 0.3 is 5.97 Å². The molecular weight excluding hydrogens is 390 g/mol. The van der Waals surface area contributed by atoms with Gasteiger partial charge in [0.15, 0.2) is 0 Å². The van der Waals surface area contributed by atoms with Crippen molar-refractivity contribution >= 4 is 26.6 Å². The second kappa shape index (κ2) is 7.66. The van der Waals surface area contributed by atoms with Crippen molar-refractivity contribution in [2.24, 2.45) is 4.99 Å². The molecule has 4 rings (SSSR count). The van der Waals surface area contributed by atoms with E-state index in [2.05, 4.69) is 62.5 Å². The van der Waals surface area contributed by atoms with Gasteiger partial charge in [-0.05, 0) is 91.6 Å². The first kappa shape index (κ1) is 20.3. The zero-order chi connectivity index (χ0) is 21.5. The Kier molecular flexibility index (Phi) is 5.17. The van der Waals surface area contributed by atoms with Crippen LogP contribution < -0.4 is 0 Å². The third-order valence-electron chi connectivity index (χ3n) is 5.90. The van der Waals surface area contributed by atoms with E-state index in [0.29, 0.717) is 0 Å². The predicted molar refractivity (Wildman–Crippen MR) is 127 cm³/mol. The Morgan fingerprint density at radius 2 is 1.70 bits per heavy atom. The van der Waals surface area contributed by atoms with Gasteiger partial charge in [-0.2, -0.15) is 10.0 Å². The largest absolute Gasteiger partial charge is 0.478 e. The first-order chi connectivity index (χ1) is 14.3. The number of benzene rings is 2. The molecule has 0 spiro atoms. The number of carbonyl (C=O) groups is 1. The lowest BCUT2D eigenvalue weighted by Crippen LogP contribution is -2.13. The highest BCUT2D eigenvalue weighted by Gasteiger charge is 2.32. The van der Waals surface area contributed by atoms with Crippen LogP contribution in [0, 0.1) is 11.8 Å². The van der Waals surface area contributed by atoms with Crippen LogP contribution in [0.15, 0.2) is 64.1 Å². The van der Waals surface area contributed by atoms with Crippen molar-refractivity contribution in [2.45, 2.75) is 26.7 Å². The first-order valence-corrected chi connectivity index (χ1v) is 12.4. The third-order valence-corrected chi connectivity index (χ3v) is 9.01. The average molecular weight is 416 g/mol. The quantitative estimate of drug-likeness (QED) is 0.626. The van der Waals surface area contributed by atoms with Crippen LogP contribution in [0.25, 0.3) is 5.57 Å². The van der Waals surface area contributed by atoms with Crippen LogP contribution in [0.3, 0.4) is 0 Å². The van der Waals surface area contributed by atoms with E-state index < -0.39 is 16.0 Å². The summed E-state index contributed by atoms with van der Waals surface area (Å²) in [7, 11) is -1.06. The van der Waals surface area contributed by atoms with Crippen molar-refractivity contribution in [1.29, 1.82) is 0 Å². The molecule has 0 saturated carbocycles. The number of allylic oxidation sites excluding steroid dienone is 3. The second-order valence-electron chi connectivity index (χ2n) is 8.05. The number of aromatic carboxylic acids is 1. The van der Waals surface area contributed by atoms with Crippen molar-refractivity contribution in [2.75, 3.05) is 12.5 Å². The lowest BCUT2D eigenvalue weighted by atomic mass is 9.90. The van der Waals surface area contributed by atoms with Crippen LogP contribution in [0.5, 0.6) is 0 Å². The van der Waals surface area contributed by atoms with E-state index >= 15 is 0 Å². The van der Waals surface area contributed by atoms with E-state index in [-0.39, 0.29) is 5.56 Å². The van der Waals surface area contributed by atoms with Gasteiger partial charge < -0.3 is 5.11 Å². The van der Waals surface area contributed by atoms with Crippen LogP contribution in [0.1, 0.15) is 52.9 Å². The zero-order valence-electron chi connectivity index (χ0n) is 17.7. The number of fused-ring (bicyclic) bond motifs is 1. The van der Waals surface area contributed by atoms with E-state index in [1.54, 1.807) is 24.3 Å². The number of carboxylic acid groups (broad SMARTS) is 1. The molecule has 0 amide bonds. The molecule has 2 aliphatic rings. The maximum absolute atomic E-state index is 11.0. The normalized spacial score (nSPS) is 18.0. The molecule has 3 nitrogen and oxygen atoms in total. The summed E-state index contributed by atoms with van der Waals surface area (Å²) in [6.45, 7) is 4.32. The zero-order valence-corrected chi connectivity index (χ0v) is 18.6. The minimum absolute atomic E-state index is 0.269. The van der Waals surface area contributed by atoms with Gasteiger partial charge in [-0.15, -0.1) is 0 Å². The molecule has 0 bridgehead atoms. The highest BCUT2D eigenvalue weighted by molar-refractivity contribution is 8.48. The monoisotopic (exact) mass is 415 g/mol. The molecule has 4 heteroatoms. The van der Waals surface area contributed by atoms with E-state index in [9.17, 15) is 4.79 Å². The molecule has 0 saturated heterocycles. The van der Waals surface area contributed by atoms with Crippen molar-refractivity contribution < 1.29 is 9.90 Å². The molecule has 2 aromatic rings. The van der Waals surface area contributed by atoms with E-state index in [0.717, 1.165) is 29.7 Å². The molecule has 152 valence electrons. The standard InChI is InChI=1S/C26H25NO2S/c1-17-18(2)30(3,4)25(27-17)23-7-5-6-21-13-12-20(16-24(21)23)9-8-19-10-14-22(15-11-19)26(28)29/h7,10-16H,5-6H2,1-4H3,(H,28,29). The summed E-state index contributed by atoms with van der Waals surface area (Å²) in [5.41, 5.74) is 7.04. The Morgan fingerprint density at radius 3 is 2.33 bits per heavy atom. The number of hydrogen-bond donors (Lipinski definition) is 1. The van der Waals surface area contributed by atoms with Gasteiger partial charge in [0.25, 0.3) is 0 Å². The van der Waals surface area contributed by atoms with Crippen LogP contribution in [0.4, 0.5) is 0 Å². The molecule has 1 N–H and O–H groups in total. The first-order valence-electron chi connectivity index (χ1n) is 9.96. The van der Waals surface area contributed by atoms with Gasteiger partial charge in [-0.1, -0.05) is 24.0 Å². The molecule has 0 aromatic heterocycles. The van der Waals surface area contributed by atoms with Gasteiger partial charge in [0.05, 0.1) is 10.6 Å². The fraction of sp³-hybridized carbons (Fsp3) is 0.231. The van der Waals surface area contributed by atoms with Gasteiger partial charge in [-0.3, -0.25) is 0 Å². The maximum atomic E-state index is 11.0. The molecular formula is C26H25NO2S. The number of aliphatic imine (C=N–C) groups is 1. The fourth-order valence-electron chi connectivity index (χ4n) is 3.84. The summed E-state index contributed by atoms with van der Waals surface area (Å²) in [5, 5.41) is 10.3. The van der Waals surface area contributed by atoms with Crippen LogP contribution in [-0.4, -0.2) is 28.6 Å². The number of aryl methyl sites for hydroxylation is 1. The molecule has 30 heavy (non-hydrogen) atoms. The lowest BCUT2D eigenvalue weighted by molar-refractivity contribution is 0.0697. The topological polar surface area (TPSA) is 49.7 Å². The second-order valence-corrected chi connectivity index (χ2v) is 11.7. The fourth-order valence-corrected chi connectivity index (χ4v) is 6.02. The van der Waals surface area contributed by atoms with Crippen molar-refractivity contribution in [3.63, 3.8) is 0 Å². The minimum Gasteiger partial charge on any atom is -0.478 e. The molecule has 0 radical (unpaired) electrons. The molecule has 0 atom stereocenters. The van der Waals surface area contributed by atoms with Crippen LogP contribution in [-0.2, 0) is 6.42 Å². The van der Waals surface area contributed by atoms with Crippen molar-refractivity contribution in [1.82, 2.24) is 0 Å². The number of nitrogens with zero attached hydrogens (tertiary/aromatic N) is 1. The van der Waals surface area contributed by atoms with E-state index in [1.807, 2.05) is 0 Å². The number of hydrogen-bond acceptors (Lipinski definition) is 2. The van der Waals surface area contributed by atoms with Gasteiger partial charge in [0.1, 0.15) is 0 Å². The number of carboxylic acids is 1. The Labute approximate surface area is 179 Å². The van der Waals surface area contributed by atoms with Gasteiger partial charge in [-0.25, -0.2) is 9.79 Å². The van der Waals surface area contributed by atoms with E-state index in [1.165, 1.54) is 26.6 Å². The Bertz CT molecular complexity index is 1200. The molecule has 0 fully saturated rings. The molecule has 2 aromatic carbocycles.